The van der Waals surface area contributed by atoms with Gasteiger partial charge in [-0.05, 0) is 50.1 Å². The van der Waals surface area contributed by atoms with E-state index in [1.54, 1.807) is 29.2 Å². The van der Waals surface area contributed by atoms with Crippen molar-refractivity contribution in [3.8, 4) is 0 Å². The van der Waals surface area contributed by atoms with Crippen LogP contribution in [0.5, 0.6) is 0 Å². The molecule has 1 aliphatic rings. The van der Waals surface area contributed by atoms with Crippen LogP contribution in [0.25, 0.3) is 10.2 Å². The molecule has 2 aromatic carbocycles. The van der Waals surface area contributed by atoms with E-state index in [1.807, 2.05) is 25.1 Å². The lowest BCUT2D eigenvalue weighted by atomic mass is 10.2. The second-order valence-electron chi connectivity index (χ2n) is 7.63. The van der Waals surface area contributed by atoms with Gasteiger partial charge in [0.1, 0.15) is 0 Å². The molecule has 3 aromatic rings. The maximum absolute atomic E-state index is 13.2. The number of hydrogen-bond acceptors (Lipinski definition) is 6. The maximum atomic E-state index is 13.2. The predicted molar refractivity (Wildman–Crippen MR) is 126 cm³/mol. The first-order chi connectivity index (χ1) is 14.8. The molecule has 0 radical (unpaired) electrons. The Balaban J connectivity index is 1.55. The first-order valence-electron chi connectivity index (χ1n) is 10.1. The Hall–Kier alpha value is -1.81. The molecule has 1 fully saturated rings. The van der Waals surface area contributed by atoms with Crippen molar-refractivity contribution >= 4 is 58.4 Å². The van der Waals surface area contributed by atoms with Crippen LogP contribution in [0.2, 0.25) is 0 Å². The third kappa shape index (κ3) is 5.34. The van der Waals surface area contributed by atoms with Gasteiger partial charge in [-0.15, -0.1) is 0 Å². The van der Waals surface area contributed by atoms with Crippen LogP contribution in [-0.4, -0.2) is 44.3 Å². The molecule has 2 heterocycles. The van der Waals surface area contributed by atoms with Crippen LogP contribution in [0.1, 0.15) is 24.8 Å². The number of sulfone groups is 1. The van der Waals surface area contributed by atoms with Gasteiger partial charge >= 0.3 is 0 Å². The fraction of sp³-hybridized carbons (Fsp3) is 0.364. The molecule has 1 aliphatic heterocycles. The molecule has 0 spiro atoms. The second kappa shape index (κ2) is 9.36. The summed E-state index contributed by atoms with van der Waals surface area (Å²) in [6.45, 7) is 2.96. The molecule has 1 amide bonds. The Bertz CT molecular complexity index is 1190. The molecule has 0 saturated carbocycles. The number of ether oxygens (including phenoxy) is 1. The lowest BCUT2D eigenvalue weighted by molar-refractivity contribution is -0.118. The lowest BCUT2D eigenvalue weighted by Crippen LogP contribution is -2.38. The molecule has 1 aromatic heterocycles. The zero-order valence-electron chi connectivity index (χ0n) is 17.1. The average Bonchev–Trinajstić information content (AvgIpc) is 3.39. The highest BCUT2D eigenvalue weighted by atomic mass is 79.9. The average molecular weight is 523 g/mol. The number of anilines is 1. The summed E-state index contributed by atoms with van der Waals surface area (Å²) < 4.78 is 33.1. The van der Waals surface area contributed by atoms with E-state index in [0.29, 0.717) is 18.3 Å². The number of benzene rings is 2. The number of hydrogen-bond donors (Lipinski definition) is 0. The van der Waals surface area contributed by atoms with E-state index in [0.717, 1.165) is 33.1 Å². The molecule has 164 valence electrons. The van der Waals surface area contributed by atoms with Crippen molar-refractivity contribution in [3.63, 3.8) is 0 Å². The molecule has 0 aliphatic carbocycles. The van der Waals surface area contributed by atoms with Crippen molar-refractivity contribution in [1.29, 1.82) is 0 Å². The summed E-state index contributed by atoms with van der Waals surface area (Å²) in [5, 5.41) is 0.571. The van der Waals surface area contributed by atoms with Crippen molar-refractivity contribution in [2.45, 2.75) is 37.2 Å². The minimum Gasteiger partial charge on any atom is -0.376 e. The van der Waals surface area contributed by atoms with Gasteiger partial charge in [-0.3, -0.25) is 9.69 Å². The number of halogens is 1. The number of rotatable bonds is 7. The van der Waals surface area contributed by atoms with E-state index >= 15 is 0 Å². The van der Waals surface area contributed by atoms with Crippen LogP contribution in [-0.2, 0) is 19.4 Å². The van der Waals surface area contributed by atoms with E-state index in [4.69, 9.17) is 4.74 Å². The fourth-order valence-electron chi connectivity index (χ4n) is 3.50. The van der Waals surface area contributed by atoms with Crippen molar-refractivity contribution in [3.05, 3.63) is 52.5 Å². The minimum absolute atomic E-state index is 0.0589. The summed E-state index contributed by atoms with van der Waals surface area (Å²) in [4.78, 5) is 19.6. The van der Waals surface area contributed by atoms with Crippen LogP contribution in [0.15, 0.2) is 51.8 Å². The van der Waals surface area contributed by atoms with Gasteiger partial charge in [-0.2, -0.15) is 0 Å². The quantitative estimate of drug-likeness (QED) is 0.447. The van der Waals surface area contributed by atoms with Crippen LogP contribution >= 0.6 is 27.3 Å². The third-order valence-electron chi connectivity index (χ3n) is 5.25. The summed E-state index contributed by atoms with van der Waals surface area (Å²) in [5.41, 5.74) is 1.79. The first-order valence-corrected chi connectivity index (χ1v) is 13.4. The number of carbonyl (C=O) groups excluding carboxylic acids is 1. The minimum atomic E-state index is -3.55. The monoisotopic (exact) mass is 522 g/mol. The van der Waals surface area contributed by atoms with Gasteiger partial charge in [-0.25, -0.2) is 13.4 Å². The van der Waals surface area contributed by atoms with Gasteiger partial charge in [0.05, 0.1) is 33.5 Å². The maximum Gasteiger partial charge on any atom is 0.229 e. The molecule has 9 heteroatoms. The molecule has 6 nitrogen and oxygen atoms in total. The number of amides is 1. The van der Waals surface area contributed by atoms with Gasteiger partial charge in [-0.1, -0.05) is 45.0 Å². The Kier molecular flexibility index (Phi) is 6.76. The van der Waals surface area contributed by atoms with Crippen LogP contribution < -0.4 is 4.90 Å². The topological polar surface area (TPSA) is 76.6 Å². The fourth-order valence-corrected chi connectivity index (χ4v) is 6.27. The molecule has 0 N–H and O–H groups in total. The third-order valence-corrected chi connectivity index (χ3v) is 8.51. The van der Waals surface area contributed by atoms with Crippen LogP contribution in [0.3, 0.4) is 0 Å². The standard InChI is InChI=1S/C22H23BrN2O4S2/c1-15-4-7-18(8-5-15)31(27,28)12-10-21(26)25(14-17-3-2-11-29-17)22-24-19-9-6-16(23)13-20(19)30-22/h4-9,13,17H,2-3,10-12,14H2,1H3. The van der Waals surface area contributed by atoms with Gasteiger partial charge in [0.2, 0.25) is 5.91 Å². The van der Waals surface area contributed by atoms with E-state index in [9.17, 15) is 13.2 Å². The predicted octanol–water partition coefficient (Wildman–Crippen LogP) is 4.74. The van der Waals surface area contributed by atoms with E-state index < -0.39 is 9.84 Å². The smallest absolute Gasteiger partial charge is 0.229 e. The largest absolute Gasteiger partial charge is 0.376 e. The Morgan fingerprint density at radius 2 is 2.03 bits per heavy atom. The van der Waals surface area contributed by atoms with Gasteiger partial charge < -0.3 is 4.74 Å². The van der Waals surface area contributed by atoms with E-state index in [-0.39, 0.29) is 29.1 Å². The Morgan fingerprint density at radius 3 is 2.74 bits per heavy atom. The Morgan fingerprint density at radius 1 is 1.26 bits per heavy atom. The van der Waals surface area contributed by atoms with Crippen LogP contribution in [0.4, 0.5) is 5.13 Å². The highest BCUT2D eigenvalue weighted by Crippen LogP contribution is 2.32. The summed E-state index contributed by atoms with van der Waals surface area (Å²) in [5.74, 6) is -0.503. The summed E-state index contributed by atoms with van der Waals surface area (Å²) in [6, 6.07) is 12.5. The van der Waals surface area contributed by atoms with Crippen molar-refractivity contribution in [2.75, 3.05) is 23.8 Å². The first kappa shape index (κ1) is 22.4. The molecule has 4 rings (SSSR count). The van der Waals surface area contributed by atoms with Crippen molar-refractivity contribution < 1.29 is 17.9 Å². The molecular formula is C22H23BrN2O4S2. The molecule has 31 heavy (non-hydrogen) atoms. The molecule has 1 saturated heterocycles. The number of aryl methyl sites for hydroxylation is 1. The van der Waals surface area contributed by atoms with Crippen molar-refractivity contribution in [1.82, 2.24) is 4.98 Å². The summed E-state index contributed by atoms with van der Waals surface area (Å²) in [7, 11) is -3.55. The van der Waals surface area contributed by atoms with Crippen molar-refractivity contribution in [2.24, 2.45) is 0 Å². The second-order valence-corrected chi connectivity index (χ2v) is 11.7. The summed E-state index contributed by atoms with van der Waals surface area (Å²) >= 11 is 4.89. The number of carbonyl (C=O) groups is 1. The summed E-state index contributed by atoms with van der Waals surface area (Å²) in [6.07, 6.45) is 1.67. The highest BCUT2D eigenvalue weighted by Gasteiger charge is 2.27. The number of fused-ring (bicyclic) bond motifs is 1. The lowest BCUT2D eigenvalue weighted by Gasteiger charge is -2.23. The molecular weight excluding hydrogens is 500 g/mol. The number of nitrogens with zero attached hydrogens (tertiary/aromatic N) is 2. The highest BCUT2D eigenvalue weighted by molar-refractivity contribution is 9.10. The van der Waals surface area contributed by atoms with E-state index in [1.165, 1.54) is 11.3 Å². The SMILES string of the molecule is Cc1ccc(S(=O)(=O)CCC(=O)N(CC2CCCO2)c2nc3ccc(Br)cc3s2)cc1. The number of thiazole rings is 1. The van der Waals surface area contributed by atoms with Gasteiger partial charge in [0, 0.05) is 17.5 Å². The zero-order chi connectivity index (χ0) is 22.0. The van der Waals surface area contributed by atoms with Gasteiger partial charge in [0.15, 0.2) is 15.0 Å². The number of aromatic nitrogens is 1. The molecule has 1 atom stereocenters. The van der Waals surface area contributed by atoms with Gasteiger partial charge in [0.25, 0.3) is 0 Å². The molecule has 1 unspecified atom stereocenters. The van der Waals surface area contributed by atoms with E-state index in [2.05, 4.69) is 20.9 Å². The molecule has 0 bridgehead atoms. The Labute approximate surface area is 194 Å². The zero-order valence-corrected chi connectivity index (χ0v) is 20.3. The normalized spacial score (nSPS) is 16.6. The van der Waals surface area contributed by atoms with Crippen LogP contribution in [0, 0.1) is 6.92 Å².